The number of methoxy groups -OCH3 is 2. The van der Waals surface area contributed by atoms with Gasteiger partial charge in [0.25, 0.3) is 11.5 Å². The lowest BCUT2D eigenvalue weighted by Crippen LogP contribution is -2.34. The number of nitrogens with zero attached hydrogens (tertiary/aromatic N) is 3. The predicted molar refractivity (Wildman–Crippen MR) is 127 cm³/mol. The Labute approximate surface area is 204 Å². The highest BCUT2D eigenvalue weighted by molar-refractivity contribution is 5.94. The number of furan rings is 1. The van der Waals surface area contributed by atoms with Crippen molar-refractivity contribution >= 4 is 11.9 Å². The van der Waals surface area contributed by atoms with Crippen LogP contribution in [0, 0.1) is 0 Å². The van der Waals surface area contributed by atoms with Gasteiger partial charge in [0.05, 0.1) is 7.11 Å². The van der Waals surface area contributed by atoms with E-state index in [0.29, 0.717) is 37.6 Å². The van der Waals surface area contributed by atoms with E-state index >= 15 is 0 Å². The zero-order chi connectivity index (χ0) is 24.8. The van der Waals surface area contributed by atoms with Crippen LogP contribution in [0.3, 0.4) is 0 Å². The monoisotopic (exact) mass is 487 g/mol. The molecule has 0 unspecified atom stereocenters. The molecule has 0 radical (unpaired) electrons. The van der Waals surface area contributed by atoms with E-state index in [4.69, 9.17) is 18.6 Å². The van der Waals surface area contributed by atoms with E-state index in [1.807, 2.05) is 0 Å². The first-order valence-electron chi connectivity index (χ1n) is 12.1. The molecule has 1 fully saturated rings. The Kier molecular flexibility index (Phi) is 8.25. The van der Waals surface area contributed by atoms with Crippen LogP contribution in [0.5, 0.6) is 5.75 Å². The summed E-state index contributed by atoms with van der Waals surface area (Å²) in [4.78, 5) is 42.7. The molecule has 1 saturated heterocycles. The Morgan fingerprint density at radius 1 is 1.03 bits per heavy atom. The lowest BCUT2D eigenvalue weighted by molar-refractivity contribution is 0.0592. The zero-order valence-corrected chi connectivity index (χ0v) is 20.4. The summed E-state index contributed by atoms with van der Waals surface area (Å²) in [5, 5.41) is 0. The summed E-state index contributed by atoms with van der Waals surface area (Å²) in [6.07, 6.45) is 3.91. The zero-order valence-electron chi connectivity index (χ0n) is 20.4. The van der Waals surface area contributed by atoms with Gasteiger partial charge in [0.2, 0.25) is 0 Å². The van der Waals surface area contributed by atoms with Crippen molar-refractivity contribution in [3.8, 4) is 5.75 Å². The smallest absolute Gasteiger partial charge is 0.343 e. The maximum Gasteiger partial charge on any atom is 0.343 e. The largest absolute Gasteiger partial charge is 0.491 e. The molecule has 0 aliphatic carbocycles. The average molecular weight is 488 g/mol. The highest BCUT2D eigenvalue weighted by Gasteiger charge is 2.28. The predicted octanol–water partition coefficient (Wildman–Crippen LogP) is 1.94. The topological polar surface area (TPSA) is 103 Å². The summed E-state index contributed by atoms with van der Waals surface area (Å²) in [6.45, 7) is 4.33. The first-order chi connectivity index (χ1) is 17.0. The molecule has 0 bridgehead atoms. The van der Waals surface area contributed by atoms with Crippen molar-refractivity contribution in [2.24, 2.45) is 0 Å². The number of carbonyl (C=O) groups is 2. The number of piperidine rings is 1. The van der Waals surface area contributed by atoms with Gasteiger partial charge in [0.15, 0.2) is 5.76 Å². The number of hydrogen-bond donors (Lipinski definition) is 0. The summed E-state index contributed by atoms with van der Waals surface area (Å²) in [6, 6.07) is 4.68. The van der Waals surface area contributed by atoms with Gasteiger partial charge in [-0.2, -0.15) is 0 Å². The van der Waals surface area contributed by atoms with Crippen molar-refractivity contribution in [1.29, 1.82) is 0 Å². The minimum atomic E-state index is -0.559. The fraction of sp³-hybridized carbons (Fsp3) is 0.560. The Morgan fingerprint density at radius 2 is 1.83 bits per heavy atom. The fourth-order valence-corrected chi connectivity index (χ4v) is 4.72. The number of likely N-dealkylation sites (tertiary alicyclic amines) is 1. The standard InChI is InChI=1S/C25H33N3O7/c1-32-17-18-6-7-20(35-18)24(30)27-11-8-19-23(25(31)33-2)21(16-22(29)28(19)13-12-27)34-15-14-26-9-4-3-5-10-26/h6-7,16H,3-5,8-15,17H2,1-2H3. The Bertz CT molecular complexity index is 1100. The van der Waals surface area contributed by atoms with Gasteiger partial charge in [-0.05, 0) is 38.1 Å². The van der Waals surface area contributed by atoms with Crippen LogP contribution in [0.15, 0.2) is 27.4 Å². The first-order valence-corrected chi connectivity index (χ1v) is 12.1. The molecule has 2 aromatic rings. The van der Waals surface area contributed by atoms with Crippen LogP contribution >= 0.6 is 0 Å². The summed E-state index contributed by atoms with van der Waals surface area (Å²) < 4.78 is 23.2. The van der Waals surface area contributed by atoms with E-state index in [1.54, 1.807) is 24.1 Å². The number of pyridine rings is 1. The Balaban J connectivity index is 1.52. The molecule has 1 amide bonds. The van der Waals surface area contributed by atoms with Gasteiger partial charge in [-0.1, -0.05) is 6.42 Å². The number of esters is 1. The second kappa shape index (κ2) is 11.5. The molecule has 0 saturated carbocycles. The van der Waals surface area contributed by atoms with Gasteiger partial charge in [-0.15, -0.1) is 0 Å². The molecular formula is C25H33N3O7. The van der Waals surface area contributed by atoms with Crippen LogP contribution in [0.25, 0.3) is 0 Å². The molecule has 190 valence electrons. The van der Waals surface area contributed by atoms with Crippen LogP contribution < -0.4 is 10.3 Å². The summed E-state index contributed by atoms with van der Waals surface area (Å²) in [7, 11) is 2.86. The van der Waals surface area contributed by atoms with Crippen molar-refractivity contribution < 1.29 is 28.2 Å². The second-order valence-electron chi connectivity index (χ2n) is 8.80. The molecule has 0 N–H and O–H groups in total. The van der Waals surface area contributed by atoms with Crippen LogP contribution in [-0.4, -0.2) is 79.8 Å². The number of amides is 1. The van der Waals surface area contributed by atoms with Gasteiger partial charge < -0.3 is 28.1 Å². The SMILES string of the molecule is COCc1ccc(C(=O)N2CCc3c(C(=O)OC)c(OCCN4CCCCC4)cc(=O)n3CC2)o1. The van der Waals surface area contributed by atoms with Gasteiger partial charge in [0, 0.05) is 51.5 Å². The molecule has 2 aromatic heterocycles. The average Bonchev–Trinajstić information content (AvgIpc) is 3.22. The molecule has 0 aromatic carbocycles. The van der Waals surface area contributed by atoms with Crippen molar-refractivity contribution in [1.82, 2.24) is 14.4 Å². The normalized spacial score (nSPS) is 16.5. The van der Waals surface area contributed by atoms with Crippen molar-refractivity contribution in [3.63, 3.8) is 0 Å². The molecule has 4 heterocycles. The van der Waals surface area contributed by atoms with Crippen LogP contribution in [0.2, 0.25) is 0 Å². The summed E-state index contributed by atoms with van der Waals surface area (Å²) in [5.74, 6) is 0.178. The highest BCUT2D eigenvalue weighted by Crippen LogP contribution is 2.25. The van der Waals surface area contributed by atoms with Gasteiger partial charge in [-0.3, -0.25) is 14.5 Å². The second-order valence-corrected chi connectivity index (χ2v) is 8.80. The fourth-order valence-electron chi connectivity index (χ4n) is 4.72. The van der Waals surface area contributed by atoms with E-state index in [2.05, 4.69) is 4.90 Å². The van der Waals surface area contributed by atoms with E-state index in [-0.39, 0.29) is 41.7 Å². The molecule has 2 aliphatic heterocycles. The number of rotatable bonds is 8. The molecule has 4 rings (SSSR count). The first kappa shape index (κ1) is 25.0. The number of hydrogen-bond acceptors (Lipinski definition) is 8. The van der Waals surface area contributed by atoms with Gasteiger partial charge in [0.1, 0.15) is 30.3 Å². The maximum absolute atomic E-state index is 13.0. The third-order valence-electron chi connectivity index (χ3n) is 6.54. The molecule has 2 aliphatic rings. The Hall–Kier alpha value is -3.11. The quantitative estimate of drug-likeness (QED) is 0.521. The van der Waals surface area contributed by atoms with Gasteiger partial charge >= 0.3 is 5.97 Å². The number of aromatic nitrogens is 1. The van der Waals surface area contributed by atoms with E-state index in [1.165, 1.54) is 37.0 Å². The minimum Gasteiger partial charge on any atom is -0.491 e. The number of carbonyl (C=O) groups excluding carboxylic acids is 2. The molecule has 35 heavy (non-hydrogen) atoms. The van der Waals surface area contributed by atoms with Crippen LogP contribution in [-0.2, 0) is 29.0 Å². The van der Waals surface area contributed by atoms with Crippen molar-refractivity contribution in [2.75, 3.05) is 53.6 Å². The van der Waals surface area contributed by atoms with Crippen molar-refractivity contribution in [3.05, 3.63) is 51.3 Å². The van der Waals surface area contributed by atoms with Crippen LogP contribution in [0.4, 0.5) is 0 Å². The highest BCUT2D eigenvalue weighted by atomic mass is 16.5. The lowest BCUT2D eigenvalue weighted by Gasteiger charge is -2.26. The van der Waals surface area contributed by atoms with Gasteiger partial charge in [-0.25, -0.2) is 4.79 Å². The lowest BCUT2D eigenvalue weighted by atomic mass is 10.1. The molecular weight excluding hydrogens is 454 g/mol. The minimum absolute atomic E-state index is 0.213. The number of ether oxygens (including phenoxy) is 3. The molecule has 10 heteroatoms. The van der Waals surface area contributed by atoms with Crippen molar-refractivity contribution in [2.45, 2.75) is 38.8 Å². The molecule has 0 spiro atoms. The third-order valence-corrected chi connectivity index (χ3v) is 6.54. The Morgan fingerprint density at radius 3 is 2.57 bits per heavy atom. The third kappa shape index (κ3) is 5.76. The van der Waals surface area contributed by atoms with E-state index in [9.17, 15) is 14.4 Å². The molecule has 0 atom stereocenters. The summed E-state index contributed by atoms with van der Waals surface area (Å²) >= 11 is 0. The summed E-state index contributed by atoms with van der Waals surface area (Å²) in [5.41, 5.74) is 0.503. The molecule has 10 nitrogen and oxygen atoms in total. The maximum atomic E-state index is 13.0. The van der Waals surface area contributed by atoms with Crippen LogP contribution in [0.1, 0.15) is 51.6 Å². The van der Waals surface area contributed by atoms with E-state index in [0.717, 1.165) is 19.6 Å². The number of fused-ring (bicyclic) bond motifs is 1. The van der Waals surface area contributed by atoms with E-state index < -0.39 is 5.97 Å².